The van der Waals surface area contributed by atoms with Gasteiger partial charge in [-0.1, -0.05) is 42.5 Å². The Bertz CT molecular complexity index is 830. The van der Waals surface area contributed by atoms with Crippen molar-refractivity contribution in [3.63, 3.8) is 0 Å². The second kappa shape index (κ2) is 8.69. The molecule has 5 nitrogen and oxygen atoms in total. The maximum atomic E-state index is 11.8. The van der Waals surface area contributed by atoms with Crippen molar-refractivity contribution in [2.75, 3.05) is 5.32 Å². The van der Waals surface area contributed by atoms with Crippen molar-refractivity contribution in [3.8, 4) is 11.5 Å². The average molecular weight is 349 g/mol. The Hall–Kier alpha value is -3.31. The largest absolute Gasteiger partial charge is 0.457 e. The van der Waals surface area contributed by atoms with Gasteiger partial charge in [0.25, 0.3) is 0 Å². The third-order valence-corrected chi connectivity index (χ3v) is 3.66. The van der Waals surface area contributed by atoms with Gasteiger partial charge in [0.1, 0.15) is 18.1 Å². The summed E-state index contributed by atoms with van der Waals surface area (Å²) in [6.07, 6.45) is -0.512. The highest BCUT2D eigenvalue weighted by Crippen LogP contribution is 2.23. The van der Waals surface area contributed by atoms with Crippen LogP contribution in [-0.4, -0.2) is 11.2 Å². The van der Waals surface area contributed by atoms with E-state index in [2.05, 4.69) is 5.32 Å². The fourth-order valence-corrected chi connectivity index (χ4v) is 2.28. The van der Waals surface area contributed by atoms with Gasteiger partial charge in [-0.05, 0) is 47.5 Å². The molecule has 3 aromatic rings. The van der Waals surface area contributed by atoms with Gasteiger partial charge in [-0.2, -0.15) is 0 Å². The Kier molecular flexibility index (Phi) is 5.85. The first kappa shape index (κ1) is 17.5. The molecule has 0 aliphatic rings. The summed E-state index contributed by atoms with van der Waals surface area (Å²) in [6.45, 7) is 0.221. The van der Waals surface area contributed by atoms with E-state index in [-0.39, 0.29) is 13.2 Å². The summed E-state index contributed by atoms with van der Waals surface area (Å²) in [4.78, 5) is 11.8. The van der Waals surface area contributed by atoms with Crippen LogP contribution in [0.15, 0.2) is 78.9 Å². The molecule has 0 unspecified atom stereocenters. The molecule has 0 bridgehead atoms. The van der Waals surface area contributed by atoms with Crippen LogP contribution in [0.25, 0.3) is 0 Å². The summed E-state index contributed by atoms with van der Waals surface area (Å²) in [5, 5.41) is 11.7. The van der Waals surface area contributed by atoms with Crippen molar-refractivity contribution in [3.05, 3.63) is 90.0 Å². The molecular weight excluding hydrogens is 330 g/mol. The first-order valence-corrected chi connectivity index (χ1v) is 8.18. The van der Waals surface area contributed by atoms with Gasteiger partial charge in [-0.15, -0.1) is 0 Å². The summed E-state index contributed by atoms with van der Waals surface area (Å²) in [7, 11) is 0. The van der Waals surface area contributed by atoms with Gasteiger partial charge in [0.15, 0.2) is 0 Å². The van der Waals surface area contributed by atoms with Crippen molar-refractivity contribution in [1.82, 2.24) is 0 Å². The Morgan fingerprint density at radius 3 is 2.04 bits per heavy atom. The summed E-state index contributed by atoms with van der Waals surface area (Å²) < 4.78 is 10.9. The molecule has 0 aliphatic heterocycles. The zero-order valence-corrected chi connectivity index (χ0v) is 14.1. The maximum Gasteiger partial charge on any atom is 0.411 e. The van der Waals surface area contributed by atoms with E-state index >= 15 is 0 Å². The molecule has 0 radical (unpaired) electrons. The maximum absolute atomic E-state index is 11.8. The zero-order chi connectivity index (χ0) is 18.2. The van der Waals surface area contributed by atoms with E-state index in [9.17, 15) is 4.79 Å². The molecule has 0 aromatic heterocycles. The molecule has 1 amide bonds. The molecule has 0 atom stereocenters. The van der Waals surface area contributed by atoms with Crippen LogP contribution < -0.4 is 10.1 Å². The van der Waals surface area contributed by atoms with Crippen LogP contribution >= 0.6 is 0 Å². The fraction of sp³-hybridized carbons (Fsp3) is 0.0952. The molecule has 0 fully saturated rings. The van der Waals surface area contributed by atoms with Gasteiger partial charge in [-0.3, -0.25) is 5.32 Å². The highest BCUT2D eigenvalue weighted by Gasteiger charge is 2.04. The smallest absolute Gasteiger partial charge is 0.411 e. The molecule has 0 heterocycles. The standard InChI is InChI=1S/C21H19NO4/c23-14-16-6-10-19(11-7-16)26-20-12-8-18(9-13-20)22-21(24)25-15-17-4-2-1-3-5-17/h1-13,23H,14-15H2,(H,22,24). The van der Waals surface area contributed by atoms with Crippen molar-refractivity contribution in [1.29, 1.82) is 0 Å². The molecule has 0 saturated heterocycles. The zero-order valence-electron chi connectivity index (χ0n) is 14.1. The first-order valence-electron chi connectivity index (χ1n) is 8.18. The third kappa shape index (κ3) is 5.09. The summed E-state index contributed by atoms with van der Waals surface area (Å²) in [5.74, 6) is 1.31. The lowest BCUT2D eigenvalue weighted by Gasteiger charge is -2.09. The van der Waals surface area contributed by atoms with Crippen LogP contribution in [0.1, 0.15) is 11.1 Å². The second-order valence-electron chi connectivity index (χ2n) is 5.62. The van der Waals surface area contributed by atoms with Gasteiger partial charge in [0.05, 0.1) is 6.61 Å². The number of benzene rings is 3. The number of rotatable bonds is 6. The van der Waals surface area contributed by atoms with Crippen LogP contribution in [0, 0.1) is 0 Å². The fourth-order valence-electron chi connectivity index (χ4n) is 2.28. The summed E-state index contributed by atoms with van der Waals surface area (Å²) in [6, 6.07) is 23.7. The highest BCUT2D eigenvalue weighted by molar-refractivity contribution is 5.84. The minimum Gasteiger partial charge on any atom is -0.457 e. The number of carbonyl (C=O) groups is 1. The lowest BCUT2D eigenvalue weighted by Crippen LogP contribution is -2.13. The molecule has 0 spiro atoms. The number of amides is 1. The molecule has 0 aliphatic carbocycles. The highest BCUT2D eigenvalue weighted by atomic mass is 16.5. The van der Waals surface area contributed by atoms with Gasteiger partial charge in [0, 0.05) is 5.69 Å². The van der Waals surface area contributed by atoms with E-state index in [4.69, 9.17) is 14.6 Å². The van der Waals surface area contributed by atoms with Crippen LogP contribution in [0.5, 0.6) is 11.5 Å². The lowest BCUT2D eigenvalue weighted by atomic mass is 10.2. The molecule has 3 aromatic carbocycles. The van der Waals surface area contributed by atoms with Gasteiger partial charge < -0.3 is 14.6 Å². The minimum atomic E-state index is -0.512. The van der Waals surface area contributed by atoms with Gasteiger partial charge in [-0.25, -0.2) is 4.79 Å². The molecule has 2 N–H and O–H groups in total. The van der Waals surface area contributed by atoms with Crippen molar-refractivity contribution in [2.24, 2.45) is 0 Å². The van der Waals surface area contributed by atoms with Crippen molar-refractivity contribution >= 4 is 11.8 Å². The number of aliphatic hydroxyl groups is 1. The predicted molar refractivity (Wildman–Crippen MR) is 99.1 cm³/mol. The number of aliphatic hydroxyl groups excluding tert-OH is 1. The SMILES string of the molecule is O=C(Nc1ccc(Oc2ccc(CO)cc2)cc1)OCc1ccccc1. The van der Waals surface area contributed by atoms with Crippen molar-refractivity contribution < 1.29 is 19.4 Å². The Morgan fingerprint density at radius 1 is 0.808 bits per heavy atom. The van der Waals surface area contributed by atoms with Gasteiger partial charge >= 0.3 is 6.09 Å². The third-order valence-electron chi connectivity index (χ3n) is 3.66. The van der Waals surface area contributed by atoms with Crippen LogP contribution in [0.3, 0.4) is 0 Å². The van der Waals surface area contributed by atoms with E-state index in [0.717, 1.165) is 11.1 Å². The predicted octanol–water partition coefficient (Wildman–Crippen LogP) is 4.72. The number of carbonyl (C=O) groups excluding carboxylic acids is 1. The Labute approximate surface area is 151 Å². The molecule has 5 heteroatoms. The van der Waals surface area contributed by atoms with E-state index in [1.165, 1.54) is 0 Å². The normalized spacial score (nSPS) is 10.2. The van der Waals surface area contributed by atoms with E-state index < -0.39 is 6.09 Å². The second-order valence-corrected chi connectivity index (χ2v) is 5.62. The monoisotopic (exact) mass is 349 g/mol. The van der Waals surface area contributed by atoms with E-state index in [1.807, 2.05) is 30.3 Å². The summed E-state index contributed by atoms with van der Waals surface area (Å²) in [5.41, 5.74) is 2.37. The van der Waals surface area contributed by atoms with Crippen LogP contribution in [-0.2, 0) is 18.0 Å². The topological polar surface area (TPSA) is 67.8 Å². The number of hydrogen-bond acceptors (Lipinski definition) is 4. The molecular formula is C21H19NO4. The van der Waals surface area contributed by atoms with E-state index in [0.29, 0.717) is 17.2 Å². The number of anilines is 1. The minimum absolute atomic E-state index is 0.00101. The van der Waals surface area contributed by atoms with Gasteiger partial charge in [0.2, 0.25) is 0 Å². The van der Waals surface area contributed by atoms with Crippen LogP contribution in [0.2, 0.25) is 0 Å². The number of hydrogen-bond donors (Lipinski definition) is 2. The first-order chi connectivity index (χ1) is 12.7. The average Bonchev–Trinajstić information content (AvgIpc) is 2.69. The lowest BCUT2D eigenvalue weighted by molar-refractivity contribution is 0.155. The number of ether oxygens (including phenoxy) is 2. The summed E-state index contributed by atoms with van der Waals surface area (Å²) >= 11 is 0. The van der Waals surface area contributed by atoms with Crippen LogP contribution in [0.4, 0.5) is 10.5 Å². The molecule has 3 rings (SSSR count). The number of nitrogens with one attached hydrogen (secondary N) is 1. The Balaban J connectivity index is 1.51. The molecule has 0 saturated carbocycles. The quantitative estimate of drug-likeness (QED) is 0.676. The molecule has 132 valence electrons. The Morgan fingerprint density at radius 2 is 1.42 bits per heavy atom. The van der Waals surface area contributed by atoms with Crippen molar-refractivity contribution in [2.45, 2.75) is 13.2 Å². The molecule has 26 heavy (non-hydrogen) atoms. The van der Waals surface area contributed by atoms with E-state index in [1.54, 1.807) is 48.5 Å².